The molecule has 0 radical (unpaired) electrons. The van der Waals surface area contributed by atoms with Crippen LogP contribution < -0.4 is 0 Å². The Bertz CT molecular complexity index is 208. The van der Waals surface area contributed by atoms with Crippen molar-refractivity contribution in [3.8, 4) is 0 Å². The molecule has 0 aromatic rings. The van der Waals surface area contributed by atoms with Gasteiger partial charge in [-0.2, -0.15) is 0 Å². The molecule has 0 aromatic heterocycles. The Kier molecular flexibility index (Phi) is 2.06. The van der Waals surface area contributed by atoms with E-state index in [-0.39, 0.29) is 17.9 Å². The molecule has 80 valence electrons. The van der Waals surface area contributed by atoms with E-state index >= 15 is 0 Å². The van der Waals surface area contributed by atoms with Crippen LogP contribution >= 0.6 is 0 Å². The average molecular weight is 200 g/mol. The third kappa shape index (κ3) is 1.15. The molecule has 2 saturated heterocycles. The standard InChI is InChI=1S/C10H16O4/c11-9-3-7-5-12-6-8(4-9)10(7)13-1-2-14-10/h7-9,11H,1-6H2. The summed E-state index contributed by atoms with van der Waals surface area (Å²) in [6, 6.07) is 0. The fourth-order valence-electron chi connectivity index (χ4n) is 3.05. The lowest BCUT2D eigenvalue weighted by Crippen LogP contribution is -2.58. The first-order chi connectivity index (χ1) is 6.81. The molecule has 2 aliphatic heterocycles. The number of hydrogen-bond donors (Lipinski definition) is 1. The maximum absolute atomic E-state index is 9.69. The molecule has 1 N–H and O–H groups in total. The summed E-state index contributed by atoms with van der Waals surface area (Å²) in [5.74, 6) is 0.0114. The highest BCUT2D eigenvalue weighted by Gasteiger charge is 2.56. The van der Waals surface area contributed by atoms with Gasteiger partial charge in [-0.25, -0.2) is 0 Å². The van der Waals surface area contributed by atoms with Gasteiger partial charge in [-0.1, -0.05) is 0 Å². The maximum atomic E-state index is 9.69. The van der Waals surface area contributed by atoms with Crippen molar-refractivity contribution in [2.24, 2.45) is 11.8 Å². The quantitative estimate of drug-likeness (QED) is 0.604. The smallest absolute Gasteiger partial charge is 0.178 e. The van der Waals surface area contributed by atoms with Gasteiger partial charge in [-0.3, -0.25) is 0 Å². The molecule has 4 nitrogen and oxygen atoms in total. The SMILES string of the molecule is OC1CC2COCC(C1)C21OCCO1. The molecular formula is C10H16O4. The summed E-state index contributed by atoms with van der Waals surface area (Å²) in [5.41, 5.74) is 0. The van der Waals surface area contributed by atoms with E-state index in [1.54, 1.807) is 0 Å². The molecule has 0 amide bonds. The van der Waals surface area contributed by atoms with Crippen LogP contribution in [0.5, 0.6) is 0 Å². The molecule has 4 heteroatoms. The first kappa shape index (κ1) is 9.09. The van der Waals surface area contributed by atoms with Gasteiger partial charge in [-0.15, -0.1) is 0 Å². The maximum Gasteiger partial charge on any atom is 0.178 e. The minimum atomic E-state index is -0.419. The average Bonchev–Trinajstić information content (AvgIpc) is 2.58. The normalized spacial score (nSPS) is 45.6. The van der Waals surface area contributed by atoms with Crippen molar-refractivity contribution in [1.29, 1.82) is 0 Å². The topological polar surface area (TPSA) is 47.9 Å². The summed E-state index contributed by atoms with van der Waals surface area (Å²) < 4.78 is 17.1. The third-order valence-corrected chi connectivity index (χ3v) is 3.63. The monoisotopic (exact) mass is 200 g/mol. The van der Waals surface area contributed by atoms with Gasteiger partial charge in [0.05, 0.1) is 32.5 Å². The van der Waals surface area contributed by atoms with Crippen LogP contribution in [0.1, 0.15) is 12.8 Å². The minimum absolute atomic E-state index is 0.202. The molecule has 1 saturated carbocycles. The highest BCUT2D eigenvalue weighted by molar-refractivity contribution is 4.98. The second kappa shape index (κ2) is 3.17. The third-order valence-electron chi connectivity index (χ3n) is 3.63. The van der Waals surface area contributed by atoms with Gasteiger partial charge in [0.1, 0.15) is 0 Å². The van der Waals surface area contributed by atoms with E-state index < -0.39 is 5.79 Å². The number of aliphatic hydroxyl groups excluding tert-OH is 1. The lowest BCUT2D eigenvalue weighted by atomic mass is 9.73. The van der Waals surface area contributed by atoms with Gasteiger partial charge in [0.15, 0.2) is 5.79 Å². The van der Waals surface area contributed by atoms with Gasteiger partial charge >= 0.3 is 0 Å². The molecule has 2 unspecified atom stereocenters. The van der Waals surface area contributed by atoms with E-state index in [1.165, 1.54) is 0 Å². The van der Waals surface area contributed by atoms with Crippen molar-refractivity contribution in [2.75, 3.05) is 26.4 Å². The minimum Gasteiger partial charge on any atom is -0.393 e. The van der Waals surface area contributed by atoms with Crippen molar-refractivity contribution < 1.29 is 19.3 Å². The molecular weight excluding hydrogens is 184 g/mol. The van der Waals surface area contributed by atoms with Crippen molar-refractivity contribution >= 4 is 0 Å². The number of ether oxygens (including phenoxy) is 3. The van der Waals surface area contributed by atoms with E-state index in [0.29, 0.717) is 26.4 Å². The largest absolute Gasteiger partial charge is 0.393 e. The molecule has 14 heavy (non-hydrogen) atoms. The van der Waals surface area contributed by atoms with Crippen LogP contribution in [0.4, 0.5) is 0 Å². The Hall–Kier alpha value is -0.160. The predicted octanol–water partition coefficient (Wildman–Crippen LogP) is 0.147. The molecule has 0 aromatic carbocycles. The van der Waals surface area contributed by atoms with Gasteiger partial charge in [0.25, 0.3) is 0 Å². The fraction of sp³-hybridized carbons (Fsp3) is 1.00. The van der Waals surface area contributed by atoms with Gasteiger partial charge in [-0.05, 0) is 12.8 Å². The van der Waals surface area contributed by atoms with Crippen molar-refractivity contribution in [1.82, 2.24) is 0 Å². The van der Waals surface area contributed by atoms with E-state index in [0.717, 1.165) is 12.8 Å². The summed E-state index contributed by atoms with van der Waals surface area (Å²) in [6.07, 6.45) is 1.29. The molecule has 2 atom stereocenters. The first-order valence-corrected chi connectivity index (χ1v) is 5.35. The van der Waals surface area contributed by atoms with Crippen LogP contribution in [0.3, 0.4) is 0 Å². The van der Waals surface area contributed by atoms with Crippen LogP contribution in [0.15, 0.2) is 0 Å². The van der Waals surface area contributed by atoms with E-state index in [1.807, 2.05) is 0 Å². The summed E-state index contributed by atoms with van der Waals surface area (Å²) in [5, 5.41) is 9.69. The van der Waals surface area contributed by atoms with Crippen LogP contribution in [0, 0.1) is 11.8 Å². The molecule has 3 aliphatic rings. The molecule has 2 bridgehead atoms. The molecule has 1 spiro atoms. The predicted molar refractivity (Wildman–Crippen MR) is 47.7 cm³/mol. The van der Waals surface area contributed by atoms with E-state index in [4.69, 9.17) is 14.2 Å². The van der Waals surface area contributed by atoms with Crippen LogP contribution in [0.2, 0.25) is 0 Å². The van der Waals surface area contributed by atoms with Crippen molar-refractivity contribution in [3.05, 3.63) is 0 Å². The molecule has 2 heterocycles. The van der Waals surface area contributed by atoms with Gasteiger partial charge < -0.3 is 19.3 Å². The lowest BCUT2D eigenvalue weighted by molar-refractivity contribution is -0.297. The highest BCUT2D eigenvalue weighted by atomic mass is 16.7. The zero-order valence-corrected chi connectivity index (χ0v) is 8.15. The Morgan fingerprint density at radius 2 is 1.57 bits per heavy atom. The van der Waals surface area contributed by atoms with Crippen molar-refractivity contribution in [2.45, 2.75) is 24.7 Å². The summed E-state index contributed by atoms with van der Waals surface area (Å²) >= 11 is 0. The van der Waals surface area contributed by atoms with E-state index in [2.05, 4.69) is 0 Å². The fourth-order valence-corrected chi connectivity index (χ4v) is 3.05. The Balaban J connectivity index is 1.89. The Labute approximate surface area is 83.1 Å². The van der Waals surface area contributed by atoms with Crippen LogP contribution in [0.25, 0.3) is 0 Å². The summed E-state index contributed by atoms with van der Waals surface area (Å²) in [4.78, 5) is 0. The molecule has 3 fully saturated rings. The van der Waals surface area contributed by atoms with E-state index in [9.17, 15) is 5.11 Å². The second-order valence-electron chi connectivity index (χ2n) is 4.47. The van der Waals surface area contributed by atoms with Crippen molar-refractivity contribution in [3.63, 3.8) is 0 Å². The lowest BCUT2D eigenvalue weighted by Gasteiger charge is -2.49. The highest BCUT2D eigenvalue weighted by Crippen LogP contribution is 2.47. The number of aliphatic hydroxyl groups is 1. The first-order valence-electron chi connectivity index (χ1n) is 5.35. The van der Waals surface area contributed by atoms with Crippen LogP contribution in [-0.2, 0) is 14.2 Å². The number of rotatable bonds is 0. The Morgan fingerprint density at radius 1 is 1.00 bits per heavy atom. The van der Waals surface area contributed by atoms with Gasteiger partial charge in [0, 0.05) is 11.8 Å². The second-order valence-corrected chi connectivity index (χ2v) is 4.47. The molecule has 1 aliphatic carbocycles. The Morgan fingerprint density at radius 3 is 2.14 bits per heavy atom. The summed E-state index contributed by atoms with van der Waals surface area (Å²) in [7, 11) is 0. The van der Waals surface area contributed by atoms with Gasteiger partial charge in [0.2, 0.25) is 0 Å². The zero-order chi connectivity index (χ0) is 9.60. The molecule has 3 rings (SSSR count). The number of hydrogen-bond acceptors (Lipinski definition) is 4. The zero-order valence-electron chi connectivity index (χ0n) is 8.15. The van der Waals surface area contributed by atoms with Crippen LogP contribution in [-0.4, -0.2) is 43.4 Å². The summed E-state index contributed by atoms with van der Waals surface area (Å²) in [6.45, 7) is 2.69.